The summed E-state index contributed by atoms with van der Waals surface area (Å²) >= 11 is 0. The molecule has 1 aliphatic carbocycles. The standard InChI is InChI=1S/C15H19N3O2/c1-2-12(16)11-5-3-4-6-13(11)19-9-14-17-15(20-18-14)10-7-8-10/h3-6,10,12H,2,7-9,16H2,1H3/t12-/m1/s1. The van der Waals surface area contributed by atoms with E-state index in [1.165, 1.54) is 0 Å². The van der Waals surface area contributed by atoms with E-state index in [0.29, 0.717) is 18.3 Å². The molecule has 1 atom stereocenters. The fraction of sp³-hybridized carbons (Fsp3) is 0.467. The summed E-state index contributed by atoms with van der Waals surface area (Å²) in [4.78, 5) is 4.35. The molecule has 1 aromatic carbocycles. The Bertz CT molecular complexity index is 578. The SMILES string of the molecule is CC[C@@H](N)c1ccccc1OCc1noc(C2CC2)n1. The summed E-state index contributed by atoms with van der Waals surface area (Å²) in [5.74, 6) is 2.59. The Morgan fingerprint density at radius 2 is 2.20 bits per heavy atom. The van der Waals surface area contributed by atoms with Crippen LogP contribution in [0, 0.1) is 0 Å². The first-order valence-electron chi connectivity index (χ1n) is 7.07. The molecule has 1 aliphatic rings. The van der Waals surface area contributed by atoms with Gasteiger partial charge in [-0.3, -0.25) is 0 Å². The van der Waals surface area contributed by atoms with E-state index in [4.69, 9.17) is 15.0 Å². The molecule has 5 nitrogen and oxygen atoms in total. The van der Waals surface area contributed by atoms with Crippen LogP contribution in [0.25, 0.3) is 0 Å². The molecule has 0 radical (unpaired) electrons. The highest BCUT2D eigenvalue weighted by Crippen LogP contribution is 2.38. The molecule has 0 bridgehead atoms. The van der Waals surface area contributed by atoms with Crippen LogP contribution in [-0.4, -0.2) is 10.1 Å². The molecule has 2 N–H and O–H groups in total. The number of benzene rings is 1. The van der Waals surface area contributed by atoms with Crippen molar-refractivity contribution in [3.8, 4) is 5.75 Å². The number of hydrogen-bond donors (Lipinski definition) is 1. The summed E-state index contributed by atoms with van der Waals surface area (Å²) in [6, 6.07) is 7.81. The van der Waals surface area contributed by atoms with Crippen LogP contribution in [0.1, 0.15) is 55.4 Å². The third-order valence-corrected chi connectivity index (χ3v) is 3.53. The summed E-state index contributed by atoms with van der Waals surface area (Å²) in [6.45, 7) is 2.37. The third kappa shape index (κ3) is 2.82. The number of nitrogens with two attached hydrogens (primary N) is 1. The van der Waals surface area contributed by atoms with Crippen molar-refractivity contribution < 1.29 is 9.26 Å². The molecular weight excluding hydrogens is 254 g/mol. The second-order valence-corrected chi connectivity index (χ2v) is 5.16. The molecule has 1 aromatic heterocycles. The molecule has 1 fully saturated rings. The van der Waals surface area contributed by atoms with Gasteiger partial charge in [-0.15, -0.1) is 0 Å². The van der Waals surface area contributed by atoms with Gasteiger partial charge in [0, 0.05) is 17.5 Å². The highest BCUT2D eigenvalue weighted by atomic mass is 16.5. The van der Waals surface area contributed by atoms with Crippen molar-refractivity contribution in [2.75, 3.05) is 0 Å². The van der Waals surface area contributed by atoms with Crippen molar-refractivity contribution in [2.24, 2.45) is 5.73 Å². The van der Waals surface area contributed by atoms with Gasteiger partial charge in [0.2, 0.25) is 11.7 Å². The van der Waals surface area contributed by atoms with Gasteiger partial charge in [-0.25, -0.2) is 0 Å². The Kier molecular flexibility index (Phi) is 3.69. The Balaban J connectivity index is 1.67. The van der Waals surface area contributed by atoms with Gasteiger partial charge >= 0.3 is 0 Å². The topological polar surface area (TPSA) is 74.2 Å². The number of rotatable bonds is 6. The smallest absolute Gasteiger partial charge is 0.229 e. The lowest BCUT2D eigenvalue weighted by atomic mass is 10.0. The summed E-state index contributed by atoms with van der Waals surface area (Å²) in [5.41, 5.74) is 7.10. The van der Waals surface area contributed by atoms with E-state index in [0.717, 1.165) is 36.5 Å². The molecule has 0 amide bonds. The first-order valence-corrected chi connectivity index (χ1v) is 7.07. The van der Waals surface area contributed by atoms with Crippen molar-refractivity contribution in [1.29, 1.82) is 0 Å². The van der Waals surface area contributed by atoms with Crippen LogP contribution in [0.3, 0.4) is 0 Å². The van der Waals surface area contributed by atoms with Crippen molar-refractivity contribution in [3.63, 3.8) is 0 Å². The summed E-state index contributed by atoms with van der Waals surface area (Å²) in [5, 5.41) is 3.94. The van der Waals surface area contributed by atoms with E-state index in [2.05, 4.69) is 17.1 Å². The highest BCUT2D eigenvalue weighted by Gasteiger charge is 2.29. The summed E-state index contributed by atoms with van der Waals surface area (Å²) in [6.07, 6.45) is 3.17. The Labute approximate surface area is 118 Å². The molecule has 1 heterocycles. The van der Waals surface area contributed by atoms with Crippen LogP contribution in [0.4, 0.5) is 0 Å². The molecule has 5 heteroatoms. The number of para-hydroxylation sites is 1. The highest BCUT2D eigenvalue weighted by molar-refractivity contribution is 5.35. The molecule has 20 heavy (non-hydrogen) atoms. The van der Waals surface area contributed by atoms with Crippen LogP contribution in [0.2, 0.25) is 0 Å². The first kappa shape index (κ1) is 13.1. The Morgan fingerprint density at radius 3 is 2.95 bits per heavy atom. The van der Waals surface area contributed by atoms with Crippen LogP contribution >= 0.6 is 0 Å². The molecular formula is C15H19N3O2. The number of hydrogen-bond acceptors (Lipinski definition) is 5. The second-order valence-electron chi connectivity index (χ2n) is 5.16. The minimum Gasteiger partial charge on any atom is -0.485 e. The largest absolute Gasteiger partial charge is 0.485 e. The molecule has 0 spiro atoms. The lowest BCUT2D eigenvalue weighted by molar-refractivity contribution is 0.281. The van der Waals surface area contributed by atoms with Crippen molar-refractivity contribution in [3.05, 3.63) is 41.5 Å². The lowest BCUT2D eigenvalue weighted by Gasteiger charge is -2.14. The Hall–Kier alpha value is -1.88. The molecule has 0 saturated heterocycles. The number of ether oxygens (including phenoxy) is 1. The fourth-order valence-electron chi connectivity index (χ4n) is 2.10. The van der Waals surface area contributed by atoms with Gasteiger partial charge in [0.15, 0.2) is 6.61 Å². The van der Waals surface area contributed by atoms with Gasteiger partial charge in [-0.05, 0) is 25.3 Å². The van der Waals surface area contributed by atoms with Crippen LogP contribution in [-0.2, 0) is 6.61 Å². The van der Waals surface area contributed by atoms with Gasteiger partial charge in [0.1, 0.15) is 5.75 Å². The van der Waals surface area contributed by atoms with Crippen molar-refractivity contribution in [1.82, 2.24) is 10.1 Å². The lowest BCUT2D eigenvalue weighted by Crippen LogP contribution is -2.11. The maximum absolute atomic E-state index is 6.09. The molecule has 3 rings (SSSR count). The van der Waals surface area contributed by atoms with E-state index in [9.17, 15) is 0 Å². The van der Waals surface area contributed by atoms with E-state index in [-0.39, 0.29) is 6.04 Å². The van der Waals surface area contributed by atoms with Crippen LogP contribution < -0.4 is 10.5 Å². The van der Waals surface area contributed by atoms with E-state index < -0.39 is 0 Å². The average Bonchev–Trinajstić information content (AvgIpc) is 3.24. The normalized spacial score (nSPS) is 16.1. The average molecular weight is 273 g/mol. The molecule has 106 valence electrons. The zero-order valence-electron chi connectivity index (χ0n) is 11.6. The van der Waals surface area contributed by atoms with Gasteiger partial charge in [0.25, 0.3) is 0 Å². The zero-order chi connectivity index (χ0) is 13.9. The quantitative estimate of drug-likeness (QED) is 0.875. The van der Waals surface area contributed by atoms with E-state index in [1.807, 2.05) is 24.3 Å². The monoisotopic (exact) mass is 273 g/mol. The van der Waals surface area contributed by atoms with Gasteiger partial charge in [-0.2, -0.15) is 4.98 Å². The van der Waals surface area contributed by atoms with E-state index >= 15 is 0 Å². The number of aromatic nitrogens is 2. The van der Waals surface area contributed by atoms with Crippen LogP contribution in [0.15, 0.2) is 28.8 Å². The third-order valence-electron chi connectivity index (χ3n) is 3.53. The molecule has 0 unspecified atom stereocenters. The predicted molar refractivity (Wildman–Crippen MR) is 74.3 cm³/mol. The second kappa shape index (κ2) is 5.63. The Morgan fingerprint density at radius 1 is 1.40 bits per heavy atom. The van der Waals surface area contributed by atoms with Gasteiger partial charge in [0.05, 0.1) is 0 Å². The molecule has 1 saturated carbocycles. The number of nitrogens with zero attached hydrogens (tertiary/aromatic N) is 2. The first-order chi connectivity index (χ1) is 9.78. The summed E-state index contributed by atoms with van der Waals surface area (Å²) < 4.78 is 11.0. The molecule has 2 aromatic rings. The van der Waals surface area contributed by atoms with Gasteiger partial charge in [-0.1, -0.05) is 30.3 Å². The van der Waals surface area contributed by atoms with E-state index in [1.54, 1.807) is 0 Å². The van der Waals surface area contributed by atoms with Gasteiger partial charge < -0.3 is 15.0 Å². The minimum absolute atomic E-state index is 0.0153. The van der Waals surface area contributed by atoms with Crippen molar-refractivity contribution >= 4 is 0 Å². The molecule has 0 aliphatic heterocycles. The maximum atomic E-state index is 6.09. The maximum Gasteiger partial charge on any atom is 0.229 e. The predicted octanol–water partition coefficient (Wildman–Crippen LogP) is 2.94. The zero-order valence-corrected chi connectivity index (χ0v) is 11.6. The fourth-order valence-corrected chi connectivity index (χ4v) is 2.10. The van der Waals surface area contributed by atoms with Crippen molar-refractivity contribution in [2.45, 2.75) is 44.8 Å². The van der Waals surface area contributed by atoms with Crippen LogP contribution in [0.5, 0.6) is 5.75 Å². The summed E-state index contributed by atoms with van der Waals surface area (Å²) in [7, 11) is 0. The minimum atomic E-state index is -0.0153.